The van der Waals surface area contributed by atoms with Gasteiger partial charge in [0.25, 0.3) is 0 Å². The van der Waals surface area contributed by atoms with Gasteiger partial charge in [0.2, 0.25) is 0 Å². The first-order valence-electron chi connectivity index (χ1n) is 5.56. The van der Waals surface area contributed by atoms with E-state index in [1.54, 1.807) is 0 Å². The van der Waals surface area contributed by atoms with Crippen LogP contribution in [0, 0.1) is 0 Å². The van der Waals surface area contributed by atoms with E-state index in [1.165, 1.54) is 0 Å². The van der Waals surface area contributed by atoms with Crippen molar-refractivity contribution < 1.29 is 4.74 Å². The van der Waals surface area contributed by atoms with Crippen LogP contribution in [0.5, 0.6) is 0 Å². The molecule has 0 aromatic rings. The molecule has 0 aliphatic rings. The molecule has 0 bridgehead atoms. The van der Waals surface area contributed by atoms with E-state index in [1.807, 2.05) is 0 Å². The van der Waals surface area contributed by atoms with Gasteiger partial charge in [0.15, 0.2) is 0 Å². The molecule has 0 aromatic heterocycles. The van der Waals surface area contributed by atoms with Gasteiger partial charge in [-0.2, -0.15) is 0 Å². The second kappa shape index (κ2) is 5.13. The predicted molar refractivity (Wildman–Crippen MR) is 62.7 cm³/mol. The van der Waals surface area contributed by atoms with Gasteiger partial charge in [-0.1, -0.05) is 6.92 Å². The third-order valence-corrected chi connectivity index (χ3v) is 1.85. The molecule has 0 aliphatic carbocycles. The normalized spacial score (nSPS) is 15.6. The van der Waals surface area contributed by atoms with Crippen molar-refractivity contribution in [1.82, 2.24) is 5.32 Å². The molecule has 0 amide bonds. The molecule has 0 rings (SSSR count). The molecule has 0 saturated heterocycles. The molecule has 0 fully saturated rings. The standard InChI is InChI=1S/C12H27NO/c1-8-10(13-11(2,3)4)9-14-12(5,6)7/h10,13H,8-9H2,1-7H3. The van der Waals surface area contributed by atoms with Crippen molar-refractivity contribution >= 4 is 0 Å². The van der Waals surface area contributed by atoms with Crippen LogP contribution in [0.1, 0.15) is 54.9 Å². The number of nitrogens with one attached hydrogen (secondary N) is 1. The van der Waals surface area contributed by atoms with E-state index in [0.29, 0.717) is 6.04 Å². The first-order valence-corrected chi connectivity index (χ1v) is 5.56. The van der Waals surface area contributed by atoms with E-state index in [4.69, 9.17) is 4.74 Å². The van der Waals surface area contributed by atoms with Crippen molar-refractivity contribution in [1.29, 1.82) is 0 Å². The summed E-state index contributed by atoms with van der Waals surface area (Å²) in [6.07, 6.45) is 1.10. The molecule has 1 unspecified atom stereocenters. The minimum Gasteiger partial charge on any atom is -0.374 e. The summed E-state index contributed by atoms with van der Waals surface area (Å²) in [5.41, 5.74) is 0.134. The molecule has 0 spiro atoms. The highest BCUT2D eigenvalue weighted by Crippen LogP contribution is 2.10. The highest BCUT2D eigenvalue weighted by atomic mass is 16.5. The van der Waals surface area contributed by atoms with Crippen molar-refractivity contribution in [3.8, 4) is 0 Å². The van der Waals surface area contributed by atoms with E-state index in [-0.39, 0.29) is 11.1 Å². The minimum atomic E-state index is -0.0347. The summed E-state index contributed by atoms with van der Waals surface area (Å²) in [7, 11) is 0. The average Bonchev–Trinajstić information content (AvgIpc) is 1.94. The molecule has 1 N–H and O–H groups in total. The SMILES string of the molecule is CCC(COC(C)(C)C)NC(C)(C)C. The van der Waals surface area contributed by atoms with Gasteiger partial charge in [-0.05, 0) is 48.0 Å². The summed E-state index contributed by atoms with van der Waals surface area (Å²) in [6.45, 7) is 15.8. The summed E-state index contributed by atoms with van der Waals surface area (Å²) < 4.78 is 5.77. The molecule has 0 radical (unpaired) electrons. The van der Waals surface area contributed by atoms with Crippen LogP contribution in [0.25, 0.3) is 0 Å². The molecular formula is C12H27NO. The fourth-order valence-electron chi connectivity index (χ4n) is 1.22. The molecule has 2 heteroatoms. The van der Waals surface area contributed by atoms with Crippen LogP contribution in [0.3, 0.4) is 0 Å². The largest absolute Gasteiger partial charge is 0.374 e. The van der Waals surface area contributed by atoms with E-state index >= 15 is 0 Å². The Labute approximate surface area is 89.4 Å². The number of rotatable bonds is 4. The topological polar surface area (TPSA) is 21.3 Å². The van der Waals surface area contributed by atoms with Gasteiger partial charge >= 0.3 is 0 Å². The zero-order chi connectivity index (χ0) is 11.4. The van der Waals surface area contributed by atoms with Gasteiger partial charge in [-0.15, -0.1) is 0 Å². The van der Waals surface area contributed by atoms with Gasteiger partial charge in [-0.3, -0.25) is 0 Å². The summed E-state index contributed by atoms with van der Waals surface area (Å²) in [6, 6.07) is 0.453. The number of ether oxygens (including phenoxy) is 1. The van der Waals surface area contributed by atoms with Crippen molar-refractivity contribution in [3.63, 3.8) is 0 Å². The summed E-state index contributed by atoms with van der Waals surface area (Å²) in [4.78, 5) is 0. The fraction of sp³-hybridized carbons (Fsp3) is 1.00. The lowest BCUT2D eigenvalue weighted by Gasteiger charge is -2.30. The van der Waals surface area contributed by atoms with Gasteiger partial charge in [0, 0.05) is 11.6 Å². The Kier molecular flexibility index (Phi) is 5.10. The zero-order valence-electron chi connectivity index (χ0n) is 10.9. The molecule has 14 heavy (non-hydrogen) atoms. The Morgan fingerprint density at radius 1 is 1.07 bits per heavy atom. The molecule has 1 atom stereocenters. The fourth-order valence-corrected chi connectivity index (χ4v) is 1.22. The number of hydrogen-bond donors (Lipinski definition) is 1. The van der Waals surface area contributed by atoms with Gasteiger partial charge < -0.3 is 10.1 Å². The Balaban J connectivity index is 3.93. The van der Waals surface area contributed by atoms with Gasteiger partial charge in [-0.25, -0.2) is 0 Å². The van der Waals surface area contributed by atoms with Crippen molar-refractivity contribution in [2.75, 3.05) is 6.61 Å². The van der Waals surface area contributed by atoms with Crippen molar-refractivity contribution in [2.45, 2.75) is 72.1 Å². The maximum Gasteiger partial charge on any atom is 0.0626 e. The third-order valence-electron chi connectivity index (χ3n) is 1.85. The van der Waals surface area contributed by atoms with Gasteiger partial charge in [0.05, 0.1) is 12.2 Å². The van der Waals surface area contributed by atoms with Crippen LogP contribution in [-0.4, -0.2) is 23.8 Å². The average molecular weight is 201 g/mol. The van der Waals surface area contributed by atoms with E-state index in [0.717, 1.165) is 13.0 Å². The van der Waals surface area contributed by atoms with Gasteiger partial charge in [0.1, 0.15) is 0 Å². The lowest BCUT2D eigenvalue weighted by Crippen LogP contribution is -2.46. The van der Waals surface area contributed by atoms with Crippen LogP contribution in [0.15, 0.2) is 0 Å². The molecular weight excluding hydrogens is 174 g/mol. The van der Waals surface area contributed by atoms with E-state index < -0.39 is 0 Å². The zero-order valence-corrected chi connectivity index (χ0v) is 10.9. The molecule has 0 aliphatic heterocycles. The van der Waals surface area contributed by atoms with Crippen LogP contribution < -0.4 is 5.32 Å². The monoisotopic (exact) mass is 201 g/mol. The summed E-state index contributed by atoms with van der Waals surface area (Å²) in [5, 5.41) is 3.55. The Morgan fingerprint density at radius 2 is 1.57 bits per heavy atom. The number of hydrogen-bond acceptors (Lipinski definition) is 2. The van der Waals surface area contributed by atoms with Crippen molar-refractivity contribution in [2.24, 2.45) is 0 Å². The summed E-state index contributed by atoms with van der Waals surface area (Å²) in [5.74, 6) is 0. The lowest BCUT2D eigenvalue weighted by molar-refractivity contribution is -0.0178. The van der Waals surface area contributed by atoms with Crippen molar-refractivity contribution in [3.05, 3.63) is 0 Å². The molecule has 2 nitrogen and oxygen atoms in total. The Bertz CT molecular complexity index is 153. The quantitative estimate of drug-likeness (QED) is 0.755. The molecule has 0 heterocycles. The molecule has 0 saturated carbocycles. The minimum absolute atomic E-state index is 0.0347. The van der Waals surface area contributed by atoms with E-state index in [2.05, 4.69) is 53.8 Å². The van der Waals surface area contributed by atoms with Crippen LogP contribution in [-0.2, 0) is 4.74 Å². The van der Waals surface area contributed by atoms with Crippen LogP contribution >= 0.6 is 0 Å². The maximum absolute atomic E-state index is 5.77. The lowest BCUT2D eigenvalue weighted by atomic mass is 10.1. The summed E-state index contributed by atoms with van der Waals surface area (Å²) >= 11 is 0. The second-order valence-corrected chi connectivity index (χ2v) is 5.92. The first-order chi connectivity index (χ1) is 6.14. The maximum atomic E-state index is 5.77. The smallest absolute Gasteiger partial charge is 0.0626 e. The molecule has 86 valence electrons. The highest BCUT2D eigenvalue weighted by Gasteiger charge is 2.18. The Morgan fingerprint density at radius 3 is 1.86 bits per heavy atom. The third kappa shape index (κ3) is 8.52. The first kappa shape index (κ1) is 13.9. The Hall–Kier alpha value is -0.0800. The highest BCUT2D eigenvalue weighted by molar-refractivity contribution is 4.77. The predicted octanol–water partition coefficient (Wildman–Crippen LogP) is 2.97. The van der Waals surface area contributed by atoms with E-state index in [9.17, 15) is 0 Å². The second-order valence-electron chi connectivity index (χ2n) is 5.92. The molecule has 0 aromatic carbocycles. The van der Waals surface area contributed by atoms with Crippen LogP contribution in [0.4, 0.5) is 0 Å². The van der Waals surface area contributed by atoms with Crippen LogP contribution in [0.2, 0.25) is 0 Å².